The third-order valence-corrected chi connectivity index (χ3v) is 5.17. The molecule has 0 aliphatic carbocycles. The zero-order chi connectivity index (χ0) is 20.6. The van der Waals surface area contributed by atoms with E-state index >= 15 is 0 Å². The Labute approximate surface area is 174 Å². The maximum atomic E-state index is 12.7. The van der Waals surface area contributed by atoms with Crippen LogP contribution in [0.2, 0.25) is 0 Å². The first kappa shape index (κ1) is 20.5. The molecule has 0 saturated heterocycles. The number of rotatable bonds is 8. The van der Waals surface area contributed by atoms with E-state index in [1.54, 1.807) is 62.8 Å². The van der Waals surface area contributed by atoms with Crippen molar-refractivity contribution < 1.29 is 19.1 Å². The van der Waals surface area contributed by atoms with E-state index in [1.165, 1.54) is 11.8 Å². The van der Waals surface area contributed by atoms with Gasteiger partial charge in [-0.2, -0.15) is 0 Å². The van der Waals surface area contributed by atoms with Gasteiger partial charge in [-0.25, -0.2) is 0 Å². The molecular formula is C23H21NO4S. The van der Waals surface area contributed by atoms with Gasteiger partial charge in [0, 0.05) is 39.9 Å². The molecule has 0 heterocycles. The van der Waals surface area contributed by atoms with Crippen molar-refractivity contribution in [1.82, 2.24) is 0 Å². The molecule has 0 fully saturated rings. The van der Waals surface area contributed by atoms with Crippen LogP contribution < -0.4 is 14.8 Å². The maximum Gasteiger partial charge on any atom is 0.255 e. The normalized spacial score (nSPS) is 10.3. The third kappa shape index (κ3) is 5.62. The molecule has 29 heavy (non-hydrogen) atoms. The van der Waals surface area contributed by atoms with E-state index in [9.17, 15) is 9.59 Å². The van der Waals surface area contributed by atoms with Gasteiger partial charge >= 0.3 is 0 Å². The minimum atomic E-state index is -0.253. The summed E-state index contributed by atoms with van der Waals surface area (Å²) in [5, 5.41) is 2.85. The molecule has 0 aliphatic rings. The molecular weight excluding hydrogens is 386 g/mol. The second-order valence-electron chi connectivity index (χ2n) is 6.16. The number of anilines is 1. The molecule has 5 nitrogen and oxygen atoms in total. The molecule has 0 atom stereocenters. The predicted octanol–water partition coefficient (Wildman–Crippen LogP) is 4.93. The Balaban J connectivity index is 1.67. The lowest BCUT2D eigenvalue weighted by atomic mass is 10.2. The number of nitrogens with one attached hydrogen (secondary N) is 1. The first-order chi connectivity index (χ1) is 14.1. The second-order valence-corrected chi connectivity index (χ2v) is 7.21. The summed E-state index contributed by atoms with van der Waals surface area (Å²) < 4.78 is 10.5. The Morgan fingerprint density at radius 3 is 2.14 bits per heavy atom. The van der Waals surface area contributed by atoms with Crippen LogP contribution >= 0.6 is 11.8 Å². The number of hydrogen-bond acceptors (Lipinski definition) is 5. The van der Waals surface area contributed by atoms with E-state index in [2.05, 4.69) is 5.32 Å². The fourth-order valence-corrected chi connectivity index (χ4v) is 3.52. The van der Waals surface area contributed by atoms with Gasteiger partial charge in [-0.3, -0.25) is 9.59 Å². The summed E-state index contributed by atoms with van der Waals surface area (Å²) in [4.78, 5) is 25.8. The zero-order valence-electron chi connectivity index (χ0n) is 16.2. The van der Waals surface area contributed by atoms with Crippen molar-refractivity contribution in [3.05, 3.63) is 83.9 Å². The van der Waals surface area contributed by atoms with Crippen molar-refractivity contribution in [2.75, 3.05) is 25.3 Å². The molecule has 0 aliphatic heterocycles. The van der Waals surface area contributed by atoms with Crippen LogP contribution in [0, 0.1) is 0 Å². The van der Waals surface area contributed by atoms with Crippen molar-refractivity contribution in [3.8, 4) is 11.5 Å². The molecule has 3 rings (SSSR count). The first-order valence-corrected chi connectivity index (χ1v) is 9.93. The molecule has 148 valence electrons. The molecule has 1 N–H and O–H groups in total. The van der Waals surface area contributed by atoms with Crippen LogP contribution in [0.3, 0.4) is 0 Å². The zero-order valence-corrected chi connectivity index (χ0v) is 17.0. The number of ether oxygens (including phenoxy) is 2. The van der Waals surface area contributed by atoms with Gasteiger partial charge in [-0.05, 0) is 18.2 Å². The predicted molar refractivity (Wildman–Crippen MR) is 115 cm³/mol. The maximum absolute atomic E-state index is 12.7. The Morgan fingerprint density at radius 1 is 0.828 bits per heavy atom. The van der Waals surface area contributed by atoms with E-state index in [0.717, 1.165) is 4.90 Å². The summed E-state index contributed by atoms with van der Waals surface area (Å²) >= 11 is 1.40. The summed E-state index contributed by atoms with van der Waals surface area (Å²) in [7, 11) is 3.11. The van der Waals surface area contributed by atoms with Gasteiger partial charge in [0.1, 0.15) is 11.5 Å². The fraction of sp³-hybridized carbons (Fsp3) is 0.130. The van der Waals surface area contributed by atoms with Gasteiger partial charge in [0.25, 0.3) is 5.91 Å². The smallest absolute Gasteiger partial charge is 0.255 e. The molecule has 0 saturated carbocycles. The highest BCUT2D eigenvalue weighted by molar-refractivity contribution is 8.00. The summed E-state index contributed by atoms with van der Waals surface area (Å²) in [6.45, 7) is 0. The SMILES string of the molecule is COc1cc(NC(=O)c2cccc(SCC(=O)c3ccccc3)c2)cc(OC)c1. The van der Waals surface area contributed by atoms with E-state index in [-0.39, 0.29) is 11.7 Å². The average molecular weight is 407 g/mol. The van der Waals surface area contributed by atoms with Crippen LogP contribution in [0.15, 0.2) is 77.7 Å². The van der Waals surface area contributed by atoms with Crippen LogP contribution in [0.5, 0.6) is 11.5 Å². The third-order valence-electron chi connectivity index (χ3n) is 4.17. The summed E-state index contributed by atoms with van der Waals surface area (Å²) in [5.41, 5.74) is 1.76. The number of carbonyl (C=O) groups is 2. The van der Waals surface area contributed by atoms with Crippen molar-refractivity contribution in [2.24, 2.45) is 0 Å². The largest absolute Gasteiger partial charge is 0.497 e. The second kappa shape index (κ2) is 9.80. The van der Waals surface area contributed by atoms with Crippen molar-refractivity contribution in [1.29, 1.82) is 0 Å². The van der Waals surface area contributed by atoms with E-state index in [1.807, 2.05) is 24.3 Å². The lowest BCUT2D eigenvalue weighted by molar-refractivity contribution is 0.101. The summed E-state index contributed by atoms with van der Waals surface area (Å²) in [6.07, 6.45) is 0. The molecule has 0 bridgehead atoms. The molecule has 0 spiro atoms. The van der Waals surface area contributed by atoms with E-state index in [0.29, 0.717) is 34.1 Å². The van der Waals surface area contributed by atoms with Crippen molar-refractivity contribution in [3.63, 3.8) is 0 Å². The molecule has 6 heteroatoms. The number of amides is 1. The van der Waals surface area contributed by atoms with Crippen LogP contribution in [0.4, 0.5) is 5.69 Å². The van der Waals surface area contributed by atoms with Crippen LogP contribution in [-0.2, 0) is 0 Å². The average Bonchev–Trinajstić information content (AvgIpc) is 2.77. The van der Waals surface area contributed by atoms with Crippen LogP contribution in [0.1, 0.15) is 20.7 Å². The number of hydrogen-bond donors (Lipinski definition) is 1. The highest BCUT2D eigenvalue weighted by Crippen LogP contribution is 2.26. The minimum Gasteiger partial charge on any atom is -0.497 e. The highest BCUT2D eigenvalue weighted by Gasteiger charge is 2.11. The van der Waals surface area contributed by atoms with Gasteiger partial charge in [0.2, 0.25) is 0 Å². The monoisotopic (exact) mass is 407 g/mol. The van der Waals surface area contributed by atoms with Crippen molar-refractivity contribution in [2.45, 2.75) is 4.90 Å². The summed E-state index contributed by atoms with van der Waals surface area (Å²) in [5.74, 6) is 1.28. The number of ketones is 1. The van der Waals surface area contributed by atoms with Gasteiger partial charge in [0.15, 0.2) is 5.78 Å². The van der Waals surface area contributed by atoms with Gasteiger partial charge in [-0.15, -0.1) is 11.8 Å². The Bertz CT molecular complexity index is 983. The fourth-order valence-electron chi connectivity index (χ4n) is 2.67. The Morgan fingerprint density at radius 2 is 1.48 bits per heavy atom. The van der Waals surface area contributed by atoms with Crippen molar-refractivity contribution >= 4 is 29.1 Å². The van der Waals surface area contributed by atoms with Crippen LogP contribution in [-0.4, -0.2) is 31.7 Å². The molecule has 0 unspecified atom stereocenters. The molecule has 1 amide bonds. The number of thioether (sulfide) groups is 1. The van der Waals surface area contributed by atoms with Gasteiger partial charge < -0.3 is 14.8 Å². The Hall–Kier alpha value is -3.25. The highest BCUT2D eigenvalue weighted by atomic mass is 32.2. The number of carbonyl (C=O) groups excluding carboxylic acids is 2. The Kier molecular flexibility index (Phi) is 6.92. The molecule has 0 aromatic heterocycles. The topological polar surface area (TPSA) is 64.6 Å². The first-order valence-electron chi connectivity index (χ1n) is 8.94. The lowest BCUT2D eigenvalue weighted by Crippen LogP contribution is -2.12. The standard InChI is InChI=1S/C23H21NO4S/c1-27-19-12-18(13-20(14-19)28-2)24-23(26)17-9-6-10-21(11-17)29-15-22(25)16-7-4-3-5-8-16/h3-14H,15H2,1-2H3,(H,24,26). The van der Waals surface area contributed by atoms with Gasteiger partial charge in [0.05, 0.1) is 20.0 Å². The summed E-state index contributed by atoms with van der Waals surface area (Å²) in [6, 6.07) is 21.5. The molecule has 3 aromatic rings. The molecule has 0 radical (unpaired) electrons. The van der Waals surface area contributed by atoms with E-state index < -0.39 is 0 Å². The van der Waals surface area contributed by atoms with Crippen LogP contribution in [0.25, 0.3) is 0 Å². The minimum absolute atomic E-state index is 0.0499. The molecule has 3 aromatic carbocycles. The number of Topliss-reactive ketones (excluding diaryl/α,β-unsaturated/α-hetero) is 1. The number of methoxy groups -OCH3 is 2. The van der Waals surface area contributed by atoms with E-state index in [4.69, 9.17) is 9.47 Å². The number of benzene rings is 3. The lowest BCUT2D eigenvalue weighted by Gasteiger charge is -2.10. The van der Waals surface area contributed by atoms with Gasteiger partial charge in [-0.1, -0.05) is 36.4 Å². The quantitative estimate of drug-likeness (QED) is 0.424.